The average molecular weight is 392 g/mol. The van der Waals surface area contributed by atoms with E-state index in [0.29, 0.717) is 15.6 Å². The Morgan fingerprint density at radius 3 is 2.54 bits per heavy atom. The van der Waals surface area contributed by atoms with Gasteiger partial charge in [0, 0.05) is 21.3 Å². The Kier molecular flexibility index (Phi) is 4.73. The number of rotatable bonds is 2. The minimum Gasteiger partial charge on any atom is -0.295 e. The lowest BCUT2D eigenvalue weighted by Gasteiger charge is -2.25. The number of anilines is 1. The number of halogens is 5. The molecule has 0 bridgehead atoms. The quantitative estimate of drug-likeness (QED) is 0.645. The van der Waals surface area contributed by atoms with Crippen molar-refractivity contribution in [1.82, 2.24) is 0 Å². The summed E-state index contributed by atoms with van der Waals surface area (Å²) in [6.45, 7) is 0. The largest absolute Gasteiger partial charge is 0.416 e. The molecule has 0 radical (unpaired) electrons. The zero-order chi connectivity index (χ0) is 17.5. The van der Waals surface area contributed by atoms with Gasteiger partial charge in [-0.1, -0.05) is 35.3 Å². The number of benzene rings is 2. The molecule has 1 amide bonds. The summed E-state index contributed by atoms with van der Waals surface area (Å²) < 4.78 is 38.8. The number of carbonyl (C=O) groups is 1. The first-order valence-corrected chi connectivity index (χ1v) is 8.64. The van der Waals surface area contributed by atoms with Gasteiger partial charge in [-0.2, -0.15) is 13.2 Å². The number of nitrogens with zero attached hydrogens (tertiary/aromatic N) is 1. The first-order chi connectivity index (χ1) is 11.3. The van der Waals surface area contributed by atoms with Gasteiger partial charge in [0.2, 0.25) is 5.91 Å². The predicted molar refractivity (Wildman–Crippen MR) is 90.6 cm³/mol. The Morgan fingerprint density at radius 1 is 1.12 bits per heavy atom. The molecule has 3 rings (SSSR count). The SMILES string of the molecule is O=C1CSC(c2ccc(Cl)cc2Cl)N1c1cccc(C(F)(F)F)c1. The molecule has 1 atom stereocenters. The molecule has 24 heavy (non-hydrogen) atoms. The van der Waals surface area contributed by atoms with E-state index in [1.807, 2.05) is 0 Å². The van der Waals surface area contributed by atoms with Gasteiger partial charge in [-0.3, -0.25) is 9.69 Å². The van der Waals surface area contributed by atoms with Crippen LogP contribution in [0.2, 0.25) is 10.0 Å². The predicted octanol–water partition coefficient (Wildman–Crippen LogP) is 5.79. The Balaban J connectivity index is 2.03. The minimum atomic E-state index is -4.47. The molecule has 8 heteroatoms. The van der Waals surface area contributed by atoms with E-state index in [1.165, 1.54) is 28.8 Å². The van der Waals surface area contributed by atoms with Crippen LogP contribution < -0.4 is 4.90 Å². The van der Waals surface area contributed by atoms with Gasteiger partial charge >= 0.3 is 6.18 Å². The van der Waals surface area contributed by atoms with E-state index in [0.717, 1.165) is 12.1 Å². The van der Waals surface area contributed by atoms with Crippen LogP contribution >= 0.6 is 35.0 Å². The fraction of sp³-hybridized carbons (Fsp3) is 0.188. The molecule has 0 spiro atoms. The average Bonchev–Trinajstić information content (AvgIpc) is 2.88. The summed E-state index contributed by atoms with van der Waals surface area (Å²) in [6, 6.07) is 9.58. The van der Waals surface area contributed by atoms with Crippen LogP contribution in [0.25, 0.3) is 0 Å². The highest BCUT2D eigenvalue weighted by Crippen LogP contribution is 2.45. The van der Waals surface area contributed by atoms with E-state index in [-0.39, 0.29) is 17.3 Å². The highest BCUT2D eigenvalue weighted by molar-refractivity contribution is 8.00. The van der Waals surface area contributed by atoms with Crippen molar-refractivity contribution in [1.29, 1.82) is 0 Å². The first-order valence-electron chi connectivity index (χ1n) is 6.83. The number of hydrogen-bond acceptors (Lipinski definition) is 2. The molecule has 2 nitrogen and oxygen atoms in total. The van der Waals surface area contributed by atoms with E-state index in [4.69, 9.17) is 23.2 Å². The summed E-state index contributed by atoms with van der Waals surface area (Å²) in [7, 11) is 0. The van der Waals surface area contributed by atoms with E-state index in [2.05, 4.69) is 0 Å². The fourth-order valence-electron chi connectivity index (χ4n) is 2.47. The van der Waals surface area contributed by atoms with Crippen LogP contribution in [0, 0.1) is 0 Å². The van der Waals surface area contributed by atoms with Crippen LogP contribution in [0.4, 0.5) is 18.9 Å². The van der Waals surface area contributed by atoms with Crippen LogP contribution in [-0.2, 0) is 11.0 Å². The van der Waals surface area contributed by atoms with Crippen molar-refractivity contribution >= 4 is 46.6 Å². The van der Waals surface area contributed by atoms with E-state index < -0.39 is 17.1 Å². The summed E-state index contributed by atoms with van der Waals surface area (Å²) >= 11 is 13.4. The van der Waals surface area contributed by atoms with Crippen molar-refractivity contribution in [3.63, 3.8) is 0 Å². The minimum absolute atomic E-state index is 0.167. The third kappa shape index (κ3) is 3.36. The van der Waals surface area contributed by atoms with Gasteiger partial charge in [0.25, 0.3) is 0 Å². The molecule has 0 N–H and O–H groups in total. The van der Waals surface area contributed by atoms with Crippen molar-refractivity contribution in [2.24, 2.45) is 0 Å². The molecule has 0 saturated carbocycles. The van der Waals surface area contributed by atoms with Crippen molar-refractivity contribution in [2.75, 3.05) is 10.7 Å². The van der Waals surface area contributed by atoms with Crippen molar-refractivity contribution in [3.8, 4) is 0 Å². The summed E-state index contributed by atoms with van der Waals surface area (Å²) in [6.07, 6.45) is -4.47. The molecule has 126 valence electrons. The van der Waals surface area contributed by atoms with Gasteiger partial charge in [0.1, 0.15) is 5.37 Å². The summed E-state index contributed by atoms with van der Waals surface area (Å²) in [4.78, 5) is 13.6. The molecule has 2 aromatic carbocycles. The lowest BCUT2D eigenvalue weighted by Crippen LogP contribution is -2.28. The molecule has 0 aliphatic carbocycles. The molecule has 1 saturated heterocycles. The zero-order valence-electron chi connectivity index (χ0n) is 12.0. The fourth-order valence-corrected chi connectivity index (χ4v) is 4.26. The maximum atomic E-state index is 12.9. The normalized spacial score (nSPS) is 18.3. The third-order valence-corrected chi connectivity index (χ3v) is 5.30. The van der Waals surface area contributed by atoms with E-state index >= 15 is 0 Å². The maximum Gasteiger partial charge on any atom is 0.416 e. The molecule has 1 unspecified atom stereocenters. The first kappa shape index (κ1) is 17.5. The number of hydrogen-bond donors (Lipinski definition) is 0. The van der Waals surface area contributed by atoms with E-state index in [1.54, 1.807) is 18.2 Å². The smallest absolute Gasteiger partial charge is 0.295 e. The topological polar surface area (TPSA) is 20.3 Å². The lowest BCUT2D eigenvalue weighted by atomic mass is 10.1. The molecule has 1 aliphatic rings. The van der Waals surface area contributed by atoms with Crippen LogP contribution in [0.3, 0.4) is 0 Å². The van der Waals surface area contributed by atoms with Gasteiger partial charge in [-0.15, -0.1) is 11.8 Å². The molecule has 2 aromatic rings. The van der Waals surface area contributed by atoms with Crippen LogP contribution in [0.1, 0.15) is 16.5 Å². The molecule has 1 aliphatic heterocycles. The highest BCUT2D eigenvalue weighted by atomic mass is 35.5. The highest BCUT2D eigenvalue weighted by Gasteiger charge is 2.37. The second kappa shape index (κ2) is 6.50. The number of thioether (sulfide) groups is 1. The Hall–Kier alpha value is -1.37. The monoisotopic (exact) mass is 391 g/mol. The summed E-state index contributed by atoms with van der Waals surface area (Å²) in [5.74, 6) is -0.102. The van der Waals surface area contributed by atoms with Gasteiger partial charge in [-0.05, 0) is 30.3 Å². The van der Waals surface area contributed by atoms with Crippen LogP contribution in [0.15, 0.2) is 42.5 Å². The number of amides is 1. The summed E-state index contributed by atoms with van der Waals surface area (Å²) in [5, 5.41) is 0.320. The molecular formula is C16H10Cl2F3NOS. The van der Waals surface area contributed by atoms with Crippen molar-refractivity contribution < 1.29 is 18.0 Å². The number of alkyl halides is 3. The van der Waals surface area contributed by atoms with E-state index in [9.17, 15) is 18.0 Å². The lowest BCUT2D eigenvalue weighted by molar-refractivity contribution is -0.137. The molecule has 1 fully saturated rings. The Labute approximate surface area is 150 Å². The van der Waals surface area contributed by atoms with Gasteiger partial charge < -0.3 is 0 Å². The second-order valence-corrected chi connectivity index (χ2v) is 7.05. The van der Waals surface area contributed by atoms with Crippen LogP contribution in [0.5, 0.6) is 0 Å². The third-order valence-electron chi connectivity index (χ3n) is 3.55. The van der Waals surface area contributed by atoms with Crippen LogP contribution in [-0.4, -0.2) is 11.7 Å². The van der Waals surface area contributed by atoms with Crippen molar-refractivity contribution in [3.05, 3.63) is 63.6 Å². The maximum absolute atomic E-state index is 12.9. The molecule has 1 heterocycles. The van der Waals surface area contributed by atoms with Crippen molar-refractivity contribution in [2.45, 2.75) is 11.6 Å². The van der Waals surface area contributed by atoms with Gasteiger partial charge in [-0.25, -0.2) is 0 Å². The zero-order valence-corrected chi connectivity index (χ0v) is 14.3. The summed E-state index contributed by atoms with van der Waals surface area (Å²) in [5.41, 5.74) is 0.0239. The standard InChI is InChI=1S/C16H10Cl2F3NOS/c17-10-4-5-12(13(18)7-10)15-22(14(23)8-24-15)11-3-1-2-9(6-11)16(19,20)21/h1-7,15H,8H2. The van der Waals surface area contributed by atoms with Gasteiger partial charge in [0.05, 0.1) is 11.3 Å². The Bertz CT molecular complexity index is 797. The number of carbonyl (C=O) groups excluding carboxylic acids is 1. The second-order valence-electron chi connectivity index (χ2n) is 5.14. The molecule has 0 aromatic heterocycles. The molecular weight excluding hydrogens is 382 g/mol. The Morgan fingerprint density at radius 2 is 1.88 bits per heavy atom. The van der Waals surface area contributed by atoms with Gasteiger partial charge in [0.15, 0.2) is 0 Å².